The molecule has 2 heterocycles. The molecule has 1 aliphatic carbocycles. The van der Waals surface area contributed by atoms with E-state index in [9.17, 15) is 18.8 Å². The first-order valence-corrected chi connectivity index (χ1v) is 11.3. The first-order valence-electron chi connectivity index (χ1n) is 11.3. The molecule has 1 amide bonds. The summed E-state index contributed by atoms with van der Waals surface area (Å²) < 4.78 is 26.3. The SMILES string of the molecule is CC(=O)c1ccc(F)c(-c2cc(C)cc3c2O[C@@H](CNC(=O)c2coc4c2C(=O)CCC4)C3)c1. The average Bonchev–Trinajstić information content (AvgIpc) is 3.42. The lowest BCUT2D eigenvalue weighted by Gasteiger charge is -2.15. The van der Waals surface area contributed by atoms with Crippen LogP contribution in [0.2, 0.25) is 0 Å². The van der Waals surface area contributed by atoms with Gasteiger partial charge in [0.1, 0.15) is 29.7 Å². The molecule has 1 N–H and O–H groups in total. The van der Waals surface area contributed by atoms with Crippen LogP contribution in [0.3, 0.4) is 0 Å². The van der Waals surface area contributed by atoms with Crippen molar-refractivity contribution in [3.63, 3.8) is 0 Å². The molecule has 0 bridgehead atoms. The highest BCUT2D eigenvalue weighted by Crippen LogP contribution is 2.41. The normalized spacial score (nSPS) is 16.6. The average molecular weight is 461 g/mol. The van der Waals surface area contributed by atoms with Crippen LogP contribution in [-0.4, -0.2) is 30.1 Å². The summed E-state index contributed by atoms with van der Waals surface area (Å²) in [6, 6.07) is 8.13. The Kier molecular flexibility index (Phi) is 5.55. The van der Waals surface area contributed by atoms with Gasteiger partial charge in [-0.15, -0.1) is 0 Å². The smallest absolute Gasteiger partial charge is 0.255 e. The summed E-state index contributed by atoms with van der Waals surface area (Å²) in [5.74, 6) is 0.0942. The fourth-order valence-corrected chi connectivity index (χ4v) is 4.75. The van der Waals surface area contributed by atoms with E-state index in [1.807, 2.05) is 19.1 Å². The van der Waals surface area contributed by atoms with Crippen LogP contribution in [0.4, 0.5) is 4.39 Å². The van der Waals surface area contributed by atoms with Crippen molar-refractivity contribution in [1.82, 2.24) is 5.32 Å². The zero-order valence-corrected chi connectivity index (χ0v) is 19.0. The van der Waals surface area contributed by atoms with Gasteiger partial charge in [0.15, 0.2) is 11.6 Å². The maximum absolute atomic E-state index is 14.7. The number of amides is 1. The number of Topliss-reactive ketones (excluding diaryl/α,β-unsaturated/α-hetero) is 2. The number of ketones is 2. The Morgan fingerprint density at radius 3 is 2.76 bits per heavy atom. The fourth-order valence-electron chi connectivity index (χ4n) is 4.75. The van der Waals surface area contributed by atoms with Gasteiger partial charge in [-0.3, -0.25) is 14.4 Å². The number of nitrogens with one attached hydrogen (secondary N) is 1. The van der Waals surface area contributed by atoms with Crippen LogP contribution in [0.25, 0.3) is 11.1 Å². The standard InChI is InChI=1S/C27H24FNO5/c1-14-8-17-10-18(12-29-27(32)21-13-33-24-5-3-4-23(31)25(21)24)34-26(17)20(9-14)19-11-16(15(2)30)6-7-22(19)28/h6-9,11,13,18H,3-5,10,12H2,1-2H3,(H,29,32)/t18-/m1/s1. The molecule has 0 fully saturated rings. The molecule has 2 aliphatic rings. The van der Waals surface area contributed by atoms with E-state index in [1.165, 1.54) is 25.3 Å². The highest BCUT2D eigenvalue weighted by molar-refractivity contribution is 6.09. The van der Waals surface area contributed by atoms with Crippen molar-refractivity contribution in [1.29, 1.82) is 0 Å². The monoisotopic (exact) mass is 461 g/mol. The zero-order valence-electron chi connectivity index (χ0n) is 19.0. The van der Waals surface area contributed by atoms with Crippen LogP contribution in [-0.2, 0) is 12.8 Å². The molecule has 1 aromatic heterocycles. The second kappa shape index (κ2) is 8.56. The van der Waals surface area contributed by atoms with Gasteiger partial charge in [-0.1, -0.05) is 6.07 Å². The number of furan rings is 1. The summed E-state index contributed by atoms with van der Waals surface area (Å²) in [5, 5.41) is 2.85. The zero-order chi connectivity index (χ0) is 24.0. The molecule has 0 spiro atoms. The third kappa shape index (κ3) is 3.91. The number of benzene rings is 2. The number of hydrogen-bond acceptors (Lipinski definition) is 5. The van der Waals surface area contributed by atoms with E-state index in [1.54, 1.807) is 6.07 Å². The summed E-state index contributed by atoms with van der Waals surface area (Å²) in [4.78, 5) is 36.9. The second-order valence-corrected chi connectivity index (χ2v) is 8.93. The van der Waals surface area contributed by atoms with Gasteiger partial charge in [0.25, 0.3) is 5.91 Å². The van der Waals surface area contributed by atoms with Crippen molar-refractivity contribution in [2.45, 2.75) is 45.6 Å². The van der Waals surface area contributed by atoms with Crippen LogP contribution in [0.5, 0.6) is 5.75 Å². The van der Waals surface area contributed by atoms with Gasteiger partial charge in [0, 0.05) is 36.0 Å². The summed E-state index contributed by atoms with van der Waals surface area (Å²) in [6.07, 6.45) is 3.33. The molecule has 34 heavy (non-hydrogen) atoms. The van der Waals surface area contributed by atoms with Gasteiger partial charge in [-0.25, -0.2) is 4.39 Å². The minimum absolute atomic E-state index is 0.0698. The number of fused-ring (bicyclic) bond motifs is 2. The quantitative estimate of drug-likeness (QED) is 0.549. The molecular formula is C27H24FNO5. The fraction of sp³-hybridized carbons (Fsp3) is 0.296. The van der Waals surface area contributed by atoms with E-state index in [-0.39, 0.29) is 35.7 Å². The van der Waals surface area contributed by atoms with Crippen LogP contribution < -0.4 is 10.1 Å². The van der Waals surface area contributed by atoms with Crippen molar-refractivity contribution in [3.8, 4) is 16.9 Å². The van der Waals surface area contributed by atoms with Crippen molar-refractivity contribution in [3.05, 3.63) is 76.0 Å². The minimum atomic E-state index is -0.437. The Bertz CT molecular complexity index is 1340. The third-order valence-corrected chi connectivity index (χ3v) is 6.39. The topological polar surface area (TPSA) is 85.6 Å². The number of carbonyl (C=O) groups is 3. The van der Waals surface area contributed by atoms with Gasteiger partial charge < -0.3 is 14.5 Å². The molecular weight excluding hydrogens is 437 g/mol. The molecule has 1 aliphatic heterocycles. The number of hydrogen-bond donors (Lipinski definition) is 1. The Labute approximate surface area is 196 Å². The number of carbonyl (C=O) groups excluding carboxylic acids is 3. The van der Waals surface area contributed by atoms with Crippen molar-refractivity contribution >= 4 is 17.5 Å². The molecule has 3 aromatic rings. The Morgan fingerprint density at radius 2 is 1.97 bits per heavy atom. The number of halogens is 1. The summed E-state index contributed by atoms with van der Waals surface area (Å²) in [5.41, 5.74) is 3.81. The van der Waals surface area contributed by atoms with Gasteiger partial charge in [0.05, 0.1) is 17.7 Å². The van der Waals surface area contributed by atoms with E-state index in [4.69, 9.17) is 9.15 Å². The van der Waals surface area contributed by atoms with Crippen molar-refractivity contribution in [2.24, 2.45) is 0 Å². The molecule has 7 heteroatoms. The minimum Gasteiger partial charge on any atom is -0.487 e. The van der Waals surface area contributed by atoms with E-state index in [2.05, 4.69) is 5.32 Å². The first-order chi connectivity index (χ1) is 16.3. The van der Waals surface area contributed by atoms with E-state index < -0.39 is 5.82 Å². The van der Waals surface area contributed by atoms with Crippen LogP contribution in [0.15, 0.2) is 41.0 Å². The highest BCUT2D eigenvalue weighted by Gasteiger charge is 2.30. The van der Waals surface area contributed by atoms with E-state index in [0.717, 1.165) is 17.5 Å². The van der Waals surface area contributed by atoms with Gasteiger partial charge in [-0.05, 0) is 55.7 Å². The van der Waals surface area contributed by atoms with Gasteiger partial charge in [-0.2, -0.15) is 0 Å². The predicted molar refractivity (Wildman–Crippen MR) is 123 cm³/mol. The lowest BCUT2D eigenvalue weighted by Crippen LogP contribution is -2.35. The molecule has 0 saturated carbocycles. The number of ether oxygens (including phenoxy) is 1. The Balaban J connectivity index is 1.36. The second-order valence-electron chi connectivity index (χ2n) is 8.93. The largest absolute Gasteiger partial charge is 0.487 e. The van der Waals surface area contributed by atoms with E-state index in [0.29, 0.717) is 53.0 Å². The maximum atomic E-state index is 14.7. The van der Waals surface area contributed by atoms with Crippen molar-refractivity contribution in [2.75, 3.05) is 6.54 Å². The lowest BCUT2D eigenvalue weighted by molar-refractivity contribution is 0.0914. The first kappa shape index (κ1) is 22.1. The molecule has 0 saturated heterocycles. The highest BCUT2D eigenvalue weighted by atomic mass is 19.1. The maximum Gasteiger partial charge on any atom is 0.255 e. The summed E-state index contributed by atoms with van der Waals surface area (Å²) in [6.45, 7) is 3.58. The van der Waals surface area contributed by atoms with Gasteiger partial charge >= 0.3 is 0 Å². The number of aryl methyl sites for hydroxylation is 2. The molecule has 1 atom stereocenters. The molecule has 6 nitrogen and oxygen atoms in total. The molecule has 0 unspecified atom stereocenters. The van der Waals surface area contributed by atoms with Crippen LogP contribution in [0, 0.1) is 12.7 Å². The van der Waals surface area contributed by atoms with Crippen molar-refractivity contribution < 1.29 is 27.9 Å². The molecule has 0 radical (unpaired) electrons. The van der Waals surface area contributed by atoms with Crippen LogP contribution in [0.1, 0.15) is 67.7 Å². The van der Waals surface area contributed by atoms with E-state index >= 15 is 0 Å². The third-order valence-electron chi connectivity index (χ3n) is 6.39. The number of rotatable bonds is 5. The summed E-state index contributed by atoms with van der Waals surface area (Å²) in [7, 11) is 0. The summed E-state index contributed by atoms with van der Waals surface area (Å²) >= 11 is 0. The Hall–Kier alpha value is -3.74. The van der Waals surface area contributed by atoms with Gasteiger partial charge in [0.2, 0.25) is 0 Å². The molecule has 174 valence electrons. The predicted octanol–water partition coefficient (Wildman–Crippen LogP) is 4.85. The molecule has 5 rings (SSSR count). The molecule has 2 aromatic carbocycles. The lowest BCUT2D eigenvalue weighted by atomic mass is 9.94. The van der Waals surface area contributed by atoms with Crippen LogP contribution >= 0.6 is 0 Å². The Morgan fingerprint density at radius 1 is 1.15 bits per heavy atom.